The van der Waals surface area contributed by atoms with Crippen LogP contribution in [0.4, 0.5) is 0 Å². The first-order valence-electron chi connectivity index (χ1n) is 6.93. The lowest BCUT2D eigenvalue weighted by Crippen LogP contribution is -2.41. The number of rotatable bonds is 4. The van der Waals surface area contributed by atoms with Crippen molar-refractivity contribution < 1.29 is 43.2 Å². The van der Waals surface area contributed by atoms with Gasteiger partial charge in [-0.15, -0.1) is 0 Å². The molecular weight excluding hydrogens is 312 g/mol. The number of carbonyl (C=O) groups is 4. The molecule has 1 aliphatic rings. The quantitative estimate of drug-likeness (QED) is 0.582. The second-order valence-electron chi connectivity index (χ2n) is 4.82. The van der Waals surface area contributed by atoms with E-state index >= 15 is 0 Å². The summed E-state index contributed by atoms with van der Waals surface area (Å²) < 4.78 is 20.3. The highest BCUT2D eigenvalue weighted by Crippen LogP contribution is 2.23. The van der Waals surface area contributed by atoms with Gasteiger partial charge in [-0.2, -0.15) is 0 Å². The largest absolute Gasteiger partial charge is 0.481 e. The Morgan fingerprint density at radius 1 is 0.957 bits per heavy atom. The topological polar surface area (TPSA) is 125 Å². The number of carboxylic acid groups (broad SMARTS) is 1. The molecule has 9 nitrogen and oxygen atoms in total. The molecule has 0 aliphatic carbocycles. The third-order valence-corrected chi connectivity index (χ3v) is 2.43. The van der Waals surface area contributed by atoms with E-state index in [-0.39, 0.29) is 13.0 Å². The molecule has 0 radical (unpaired) electrons. The van der Waals surface area contributed by atoms with Gasteiger partial charge in [0.25, 0.3) is 5.97 Å². The smallest absolute Gasteiger partial charge is 0.304 e. The lowest BCUT2D eigenvalue weighted by Gasteiger charge is -2.33. The first-order chi connectivity index (χ1) is 10.6. The average Bonchev–Trinajstić information content (AvgIpc) is 2.33. The van der Waals surface area contributed by atoms with E-state index in [1.807, 2.05) is 0 Å². The normalized spacial score (nSPS) is 22.9. The molecule has 3 unspecified atom stereocenters. The summed E-state index contributed by atoms with van der Waals surface area (Å²) in [5.41, 5.74) is 0. The third kappa shape index (κ3) is 12.1. The summed E-state index contributed by atoms with van der Waals surface area (Å²) in [7, 11) is 0. The summed E-state index contributed by atoms with van der Waals surface area (Å²) in [6.07, 6.45) is -1.01. The maximum atomic E-state index is 11.0. The Morgan fingerprint density at radius 2 is 1.48 bits per heavy atom. The van der Waals surface area contributed by atoms with Crippen LogP contribution in [0.1, 0.15) is 40.5 Å². The number of hydrogen-bond donors (Lipinski definition) is 1. The van der Waals surface area contributed by atoms with Gasteiger partial charge in [-0.25, -0.2) is 0 Å². The average molecular weight is 334 g/mol. The monoisotopic (exact) mass is 334 g/mol. The van der Waals surface area contributed by atoms with Crippen LogP contribution in [0.15, 0.2) is 0 Å². The summed E-state index contributed by atoms with van der Waals surface area (Å²) in [6.45, 7) is 4.97. The van der Waals surface area contributed by atoms with E-state index in [1.54, 1.807) is 0 Å². The van der Waals surface area contributed by atoms with Crippen molar-refractivity contribution in [1.82, 2.24) is 0 Å². The van der Waals surface area contributed by atoms with Crippen molar-refractivity contribution in [3.63, 3.8) is 0 Å². The van der Waals surface area contributed by atoms with Gasteiger partial charge in [0.1, 0.15) is 12.7 Å². The van der Waals surface area contributed by atoms with Gasteiger partial charge in [-0.05, 0) is 0 Å². The van der Waals surface area contributed by atoms with Crippen LogP contribution in [0.25, 0.3) is 0 Å². The number of carboxylic acids is 1. The van der Waals surface area contributed by atoms with Gasteiger partial charge in [-0.1, -0.05) is 0 Å². The fraction of sp³-hybridized carbons (Fsp3) is 0.714. The molecule has 23 heavy (non-hydrogen) atoms. The van der Waals surface area contributed by atoms with Gasteiger partial charge in [0.2, 0.25) is 6.29 Å². The molecule has 0 aromatic rings. The van der Waals surface area contributed by atoms with Crippen LogP contribution in [-0.2, 0) is 38.1 Å². The zero-order valence-electron chi connectivity index (χ0n) is 13.6. The molecule has 132 valence electrons. The van der Waals surface area contributed by atoms with Crippen molar-refractivity contribution in [2.75, 3.05) is 6.61 Å². The van der Waals surface area contributed by atoms with Crippen molar-refractivity contribution in [1.29, 1.82) is 0 Å². The van der Waals surface area contributed by atoms with Crippen molar-refractivity contribution in [3.8, 4) is 0 Å². The van der Waals surface area contributed by atoms with Crippen LogP contribution < -0.4 is 0 Å². The van der Waals surface area contributed by atoms with E-state index in [0.717, 1.165) is 6.92 Å². The van der Waals surface area contributed by atoms with Gasteiger partial charge in [0, 0.05) is 40.5 Å². The molecule has 0 amide bonds. The maximum Gasteiger partial charge on any atom is 0.304 e. The first kappa shape index (κ1) is 20.8. The second kappa shape index (κ2) is 10.5. The summed E-state index contributed by atoms with van der Waals surface area (Å²) in [5.74, 6) is -2.17. The maximum absolute atomic E-state index is 11.0. The highest BCUT2D eigenvalue weighted by molar-refractivity contribution is 5.67. The Kier molecular flexibility index (Phi) is 9.56. The number of ether oxygens (including phenoxy) is 4. The van der Waals surface area contributed by atoms with E-state index in [4.69, 9.17) is 28.8 Å². The SMILES string of the molecule is CC(=O)O.CC(=O)OCC1CC(OC(C)=O)CC(OC(C)=O)O1. The summed E-state index contributed by atoms with van der Waals surface area (Å²) in [4.78, 5) is 41.6. The molecule has 0 bridgehead atoms. The molecule has 1 rings (SSSR count). The number of esters is 3. The molecule has 0 spiro atoms. The van der Waals surface area contributed by atoms with Gasteiger partial charge in [-0.3, -0.25) is 19.2 Å². The standard InChI is InChI=1S/C12H18O7.C2H4O2/c1-7(13)16-6-11-4-10(17-8(2)14)5-12(19-11)18-9(3)15;1-2(3)4/h10-12H,4-6H2,1-3H3;1H3,(H,3,4). The number of hydrogen-bond acceptors (Lipinski definition) is 8. The molecule has 0 aromatic carbocycles. The molecule has 1 fully saturated rings. The Bertz CT molecular complexity index is 404. The molecule has 1 heterocycles. The summed E-state index contributed by atoms with van der Waals surface area (Å²) in [5, 5.41) is 7.42. The second-order valence-corrected chi connectivity index (χ2v) is 4.82. The van der Waals surface area contributed by atoms with Crippen LogP contribution in [0, 0.1) is 0 Å². The van der Waals surface area contributed by atoms with Crippen molar-refractivity contribution in [2.24, 2.45) is 0 Å². The molecule has 1 saturated heterocycles. The first-order valence-corrected chi connectivity index (χ1v) is 6.93. The van der Waals surface area contributed by atoms with Crippen LogP contribution in [0.5, 0.6) is 0 Å². The lowest BCUT2D eigenvalue weighted by molar-refractivity contribution is -0.226. The van der Waals surface area contributed by atoms with Crippen LogP contribution in [-0.4, -0.2) is 54.1 Å². The van der Waals surface area contributed by atoms with Crippen molar-refractivity contribution in [2.45, 2.75) is 59.0 Å². The predicted octanol–water partition coefficient (Wildman–Crippen LogP) is 0.640. The van der Waals surface area contributed by atoms with Crippen molar-refractivity contribution >= 4 is 23.9 Å². The Hall–Kier alpha value is -2.16. The molecule has 3 atom stereocenters. The highest BCUT2D eigenvalue weighted by atomic mass is 16.7. The van der Waals surface area contributed by atoms with E-state index in [0.29, 0.717) is 6.42 Å². The van der Waals surface area contributed by atoms with E-state index in [9.17, 15) is 14.4 Å². The summed E-state index contributed by atoms with van der Waals surface area (Å²) in [6, 6.07) is 0. The Balaban J connectivity index is 0.00000108. The number of carbonyl (C=O) groups excluding carboxylic acids is 3. The molecule has 0 saturated carbocycles. The van der Waals surface area contributed by atoms with Gasteiger partial charge < -0.3 is 24.1 Å². The lowest BCUT2D eigenvalue weighted by atomic mass is 10.1. The minimum atomic E-state index is -0.833. The molecule has 9 heteroatoms. The third-order valence-electron chi connectivity index (χ3n) is 2.43. The molecule has 0 aromatic heterocycles. The zero-order valence-corrected chi connectivity index (χ0v) is 13.6. The number of aliphatic carboxylic acids is 1. The fourth-order valence-corrected chi connectivity index (χ4v) is 1.84. The molecular formula is C14H22O9. The van der Waals surface area contributed by atoms with Gasteiger partial charge in [0.15, 0.2) is 0 Å². The zero-order chi connectivity index (χ0) is 18.0. The van der Waals surface area contributed by atoms with E-state index in [2.05, 4.69) is 0 Å². The fourth-order valence-electron chi connectivity index (χ4n) is 1.84. The Labute approximate surface area is 133 Å². The Morgan fingerprint density at radius 3 is 1.91 bits per heavy atom. The van der Waals surface area contributed by atoms with Gasteiger partial charge >= 0.3 is 17.9 Å². The van der Waals surface area contributed by atoms with E-state index < -0.39 is 42.4 Å². The van der Waals surface area contributed by atoms with Crippen LogP contribution in [0.2, 0.25) is 0 Å². The minimum Gasteiger partial charge on any atom is -0.481 e. The molecule has 1 aliphatic heterocycles. The van der Waals surface area contributed by atoms with Crippen LogP contribution in [0.3, 0.4) is 0 Å². The summed E-state index contributed by atoms with van der Waals surface area (Å²) >= 11 is 0. The van der Waals surface area contributed by atoms with E-state index in [1.165, 1.54) is 20.8 Å². The molecule has 1 N–H and O–H groups in total. The predicted molar refractivity (Wildman–Crippen MR) is 75.2 cm³/mol. The minimum absolute atomic E-state index is 0.0326. The van der Waals surface area contributed by atoms with Crippen molar-refractivity contribution in [3.05, 3.63) is 0 Å². The van der Waals surface area contributed by atoms with Gasteiger partial charge in [0.05, 0.1) is 6.10 Å². The highest BCUT2D eigenvalue weighted by Gasteiger charge is 2.33. The van der Waals surface area contributed by atoms with Crippen LogP contribution >= 0.6 is 0 Å².